The van der Waals surface area contributed by atoms with E-state index in [1.165, 1.54) is 17.7 Å². The second kappa shape index (κ2) is 7.33. The normalized spacial score (nSPS) is 26.4. The summed E-state index contributed by atoms with van der Waals surface area (Å²) in [4.78, 5) is 18.4. The molecule has 0 aliphatic carbocycles. The molecule has 31 heavy (non-hydrogen) atoms. The number of anilines is 4. The van der Waals surface area contributed by atoms with Crippen LogP contribution in [-0.4, -0.2) is 21.1 Å². The molecule has 5 nitrogen and oxygen atoms in total. The topological polar surface area (TPSA) is 45.2 Å². The van der Waals surface area contributed by atoms with Crippen molar-refractivity contribution in [2.45, 2.75) is 65.0 Å². The summed E-state index contributed by atoms with van der Waals surface area (Å²) in [6.45, 7) is 9.53. The molecule has 0 bridgehead atoms. The van der Waals surface area contributed by atoms with Crippen molar-refractivity contribution in [1.82, 2.24) is 15.0 Å². The van der Waals surface area contributed by atoms with Crippen molar-refractivity contribution >= 4 is 22.9 Å². The first kappa shape index (κ1) is 20.0. The molecule has 3 aromatic rings. The molecule has 0 saturated carbocycles. The van der Waals surface area contributed by atoms with E-state index < -0.39 is 0 Å². The van der Waals surface area contributed by atoms with Crippen LogP contribution in [-0.2, 0) is 5.41 Å². The Morgan fingerprint density at radius 2 is 1.68 bits per heavy atom. The van der Waals surface area contributed by atoms with Gasteiger partial charge in [0, 0.05) is 34.6 Å². The SMILES string of the molecule is CCCC1(CC)c2ccccc2N2c3cncnc3N(c3ccncc3)C2C1(C)CC. The van der Waals surface area contributed by atoms with Gasteiger partial charge >= 0.3 is 0 Å². The average Bonchev–Trinajstić information content (AvgIpc) is 3.18. The van der Waals surface area contributed by atoms with Gasteiger partial charge < -0.3 is 9.80 Å². The fraction of sp³-hybridized carbons (Fsp3) is 0.423. The molecule has 4 heterocycles. The molecule has 5 heteroatoms. The van der Waals surface area contributed by atoms with E-state index in [1.54, 1.807) is 6.33 Å². The van der Waals surface area contributed by atoms with E-state index in [9.17, 15) is 0 Å². The third-order valence-electron chi connectivity index (χ3n) is 7.95. The van der Waals surface area contributed by atoms with Crippen molar-refractivity contribution in [1.29, 1.82) is 0 Å². The lowest BCUT2D eigenvalue weighted by Gasteiger charge is -2.60. The Labute approximate surface area is 185 Å². The van der Waals surface area contributed by atoms with Gasteiger partial charge in [-0.05, 0) is 43.0 Å². The Morgan fingerprint density at radius 3 is 2.39 bits per heavy atom. The molecule has 160 valence electrons. The molecule has 0 radical (unpaired) electrons. The van der Waals surface area contributed by atoms with Crippen molar-refractivity contribution in [2.24, 2.45) is 5.41 Å². The first-order valence-electron chi connectivity index (χ1n) is 11.5. The molecule has 0 fully saturated rings. The molecule has 1 aromatic carbocycles. The number of hydrogen-bond acceptors (Lipinski definition) is 5. The summed E-state index contributed by atoms with van der Waals surface area (Å²) in [6.07, 6.45) is 12.0. The maximum absolute atomic E-state index is 4.79. The first-order chi connectivity index (χ1) is 15.1. The van der Waals surface area contributed by atoms with Crippen LogP contribution in [0.15, 0.2) is 61.3 Å². The second-order valence-corrected chi connectivity index (χ2v) is 9.02. The van der Waals surface area contributed by atoms with Gasteiger partial charge in [0.25, 0.3) is 0 Å². The molecule has 0 saturated heterocycles. The zero-order valence-corrected chi connectivity index (χ0v) is 18.9. The van der Waals surface area contributed by atoms with Crippen LogP contribution in [0, 0.1) is 5.41 Å². The lowest BCUT2D eigenvalue weighted by Crippen LogP contribution is -2.63. The zero-order valence-electron chi connectivity index (χ0n) is 18.9. The van der Waals surface area contributed by atoms with Gasteiger partial charge in [0.05, 0.1) is 6.20 Å². The van der Waals surface area contributed by atoms with Gasteiger partial charge in [-0.15, -0.1) is 0 Å². The van der Waals surface area contributed by atoms with Gasteiger partial charge in [-0.2, -0.15) is 0 Å². The van der Waals surface area contributed by atoms with Crippen molar-refractivity contribution in [3.8, 4) is 0 Å². The van der Waals surface area contributed by atoms with E-state index in [0.717, 1.165) is 36.5 Å². The van der Waals surface area contributed by atoms with Crippen LogP contribution in [0.5, 0.6) is 0 Å². The van der Waals surface area contributed by atoms with Gasteiger partial charge in [-0.3, -0.25) is 4.98 Å². The van der Waals surface area contributed by atoms with Crippen molar-refractivity contribution in [3.63, 3.8) is 0 Å². The zero-order chi connectivity index (χ0) is 21.6. The quantitative estimate of drug-likeness (QED) is 0.486. The second-order valence-electron chi connectivity index (χ2n) is 9.02. The fourth-order valence-corrected chi connectivity index (χ4v) is 6.42. The van der Waals surface area contributed by atoms with Crippen LogP contribution >= 0.6 is 0 Å². The number of para-hydroxylation sites is 1. The van der Waals surface area contributed by atoms with Gasteiger partial charge in [-0.25, -0.2) is 9.97 Å². The molecule has 3 atom stereocenters. The van der Waals surface area contributed by atoms with Crippen LogP contribution < -0.4 is 9.80 Å². The van der Waals surface area contributed by atoms with Crippen molar-refractivity contribution < 1.29 is 0 Å². The Bertz CT molecular complexity index is 1080. The predicted octanol–water partition coefficient (Wildman–Crippen LogP) is 6.37. The number of fused-ring (bicyclic) bond motifs is 5. The lowest BCUT2D eigenvalue weighted by atomic mass is 9.52. The number of rotatable bonds is 5. The van der Waals surface area contributed by atoms with E-state index in [2.05, 4.69) is 83.9 Å². The van der Waals surface area contributed by atoms with Crippen molar-refractivity contribution in [2.75, 3.05) is 9.80 Å². The molecule has 3 unspecified atom stereocenters. The number of hydrogen-bond donors (Lipinski definition) is 0. The minimum atomic E-state index is -0.00389. The lowest BCUT2D eigenvalue weighted by molar-refractivity contribution is 0.0724. The summed E-state index contributed by atoms with van der Waals surface area (Å²) in [5, 5.41) is 0. The Morgan fingerprint density at radius 1 is 0.903 bits per heavy atom. The van der Waals surface area contributed by atoms with E-state index in [0.29, 0.717) is 0 Å². The molecule has 0 spiro atoms. The van der Waals surface area contributed by atoms with Crippen LogP contribution in [0.2, 0.25) is 0 Å². The number of aromatic nitrogens is 3. The largest absolute Gasteiger partial charge is 0.315 e. The smallest absolute Gasteiger partial charge is 0.162 e. The molecule has 2 aliphatic rings. The standard InChI is InChI=1S/C26H31N5/c1-5-14-26(7-3)20-10-8-9-11-21(20)31-22-17-28-18-29-23(22)30(19-12-15-27-16-13-19)24(31)25(26,4)6-2/h8-13,15-18,24H,5-7,14H2,1-4H3. The van der Waals surface area contributed by atoms with Crippen LogP contribution in [0.4, 0.5) is 22.9 Å². The minimum Gasteiger partial charge on any atom is -0.315 e. The van der Waals surface area contributed by atoms with Gasteiger partial charge in [0.15, 0.2) is 5.82 Å². The third-order valence-corrected chi connectivity index (χ3v) is 7.95. The predicted molar refractivity (Wildman–Crippen MR) is 126 cm³/mol. The van der Waals surface area contributed by atoms with Crippen LogP contribution in [0.1, 0.15) is 58.9 Å². The van der Waals surface area contributed by atoms with Gasteiger partial charge in [0.2, 0.25) is 0 Å². The molecule has 2 aliphatic heterocycles. The Hall–Kier alpha value is -2.95. The Balaban J connectivity index is 1.86. The summed E-state index contributed by atoms with van der Waals surface area (Å²) in [5.74, 6) is 0.976. The summed E-state index contributed by atoms with van der Waals surface area (Å²) >= 11 is 0. The molecule has 0 amide bonds. The fourth-order valence-electron chi connectivity index (χ4n) is 6.42. The number of nitrogens with zero attached hydrogens (tertiary/aromatic N) is 5. The number of benzene rings is 1. The third kappa shape index (κ3) is 2.52. The van der Waals surface area contributed by atoms with E-state index in [-0.39, 0.29) is 17.0 Å². The summed E-state index contributed by atoms with van der Waals surface area (Å²) in [5.41, 5.74) is 5.04. The highest BCUT2D eigenvalue weighted by Gasteiger charge is 2.62. The molecular formula is C26H31N5. The monoisotopic (exact) mass is 413 g/mol. The van der Waals surface area contributed by atoms with E-state index >= 15 is 0 Å². The first-order valence-corrected chi connectivity index (χ1v) is 11.5. The van der Waals surface area contributed by atoms with E-state index in [4.69, 9.17) is 4.98 Å². The van der Waals surface area contributed by atoms with Crippen LogP contribution in [0.25, 0.3) is 0 Å². The maximum Gasteiger partial charge on any atom is 0.162 e. The molecule has 5 rings (SSSR count). The highest BCUT2D eigenvalue weighted by atomic mass is 15.5. The van der Waals surface area contributed by atoms with Gasteiger partial charge in [-0.1, -0.05) is 52.3 Å². The highest BCUT2D eigenvalue weighted by molar-refractivity contribution is 5.88. The molecule has 2 aromatic heterocycles. The Kier molecular flexibility index (Phi) is 4.72. The minimum absolute atomic E-state index is 0.00389. The maximum atomic E-state index is 4.79. The highest BCUT2D eigenvalue weighted by Crippen LogP contribution is 2.65. The van der Waals surface area contributed by atoms with E-state index in [1.807, 2.05) is 18.6 Å². The summed E-state index contributed by atoms with van der Waals surface area (Å²) in [7, 11) is 0. The average molecular weight is 414 g/mol. The van der Waals surface area contributed by atoms with Crippen molar-refractivity contribution in [3.05, 3.63) is 66.9 Å². The molecule has 0 N–H and O–H groups in total. The summed E-state index contributed by atoms with van der Waals surface area (Å²) < 4.78 is 0. The number of pyridine rings is 1. The van der Waals surface area contributed by atoms with Crippen LogP contribution in [0.3, 0.4) is 0 Å². The van der Waals surface area contributed by atoms with Gasteiger partial charge in [0.1, 0.15) is 18.2 Å². The summed E-state index contributed by atoms with van der Waals surface area (Å²) in [6, 6.07) is 13.2. The molecular weight excluding hydrogens is 382 g/mol.